The topological polar surface area (TPSA) is 52.6 Å². The molecule has 0 aliphatic rings. The molecule has 0 amide bonds. The van der Waals surface area contributed by atoms with E-state index in [1.54, 1.807) is 99.6 Å². The van der Waals surface area contributed by atoms with Crippen LogP contribution in [0.4, 0.5) is 22.0 Å². The lowest BCUT2D eigenvalue weighted by atomic mass is 10.2. The van der Waals surface area contributed by atoms with Gasteiger partial charge in [-0.05, 0) is 73.5 Å². The molecule has 0 fully saturated rings. The van der Waals surface area contributed by atoms with Crippen LogP contribution >= 0.6 is 10.3 Å². The Kier molecular flexibility index (Phi) is 7.79. The fourth-order valence-corrected chi connectivity index (χ4v) is 9.15. The summed E-state index contributed by atoms with van der Waals surface area (Å²) in [5.74, 6) is -12.0. The molecule has 0 spiro atoms. The number of benzene rings is 4. The maximum absolute atomic E-state index is 14.7. The molecule has 0 aromatic heterocycles. The molecule has 0 bridgehead atoms. The normalized spacial score (nSPS) is 12.8. The average Bonchev–Trinajstić information content (AvgIpc) is 2.89. The highest BCUT2D eigenvalue weighted by molar-refractivity contribution is 8.33. The third-order valence-corrected chi connectivity index (χ3v) is 10.5. The van der Waals surface area contributed by atoms with E-state index in [1.807, 2.05) is 0 Å². The molecule has 4 aromatic rings. The molecule has 0 atom stereocenters. The lowest BCUT2D eigenvalue weighted by molar-refractivity contribution is 0.130. The molecule has 39 heavy (non-hydrogen) atoms. The van der Waals surface area contributed by atoms with Gasteiger partial charge in [0.2, 0.25) is 5.82 Å². The Morgan fingerprint density at radius 3 is 1.49 bits per heavy atom. The predicted octanol–water partition coefficient (Wildman–Crippen LogP) is 8.16. The zero-order valence-corrected chi connectivity index (χ0v) is 22.6. The first kappa shape index (κ1) is 28.6. The Hall–Kier alpha value is -3.41. The van der Waals surface area contributed by atoms with Crippen molar-refractivity contribution >= 4 is 20.4 Å². The summed E-state index contributed by atoms with van der Waals surface area (Å²) in [5, 5.41) is 0. The Balaban J connectivity index is 2.07. The summed E-state index contributed by atoms with van der Waals surface area (Å²) in [6, 6.07) is 22.2. The Labute approximate surface area is 224 Å². The van der Waals surface area contributed by atoms with Crippen molar-refractivity contribution in [3.8, 4) is 5.75 Å². The van der Waals surface area contributed by atoms with Gasteiger partial charge in [-0.2, -0.15) is 8.42 Å². The minimum Gasteiger partial charge on any atom is -0.488 e. The minimum absolute atomic E-state index is 0.231. The van der Waals surface area contributed by atoms with Crippen molar-refractivity contribution in [3.05, 3.63) is 114 Å². The molecule has 0 unspecified atom stereocenters. The van der Waals surface area contributed by atoms with Gasteiger partial charge in [0.15, 0.2) is 28.2 Å². The second kappa shape index (κ2) is 10.6. The molecule has 11 heteroatoms. The fraction of sp³-hybridized carbons (Fsp3) is 0.143. The van der Waals surface area contributed by atoms with E-state index < -0.39 is 60.0 Å². The van der Waals surface area contributed by atoms with E-state index in [2.05, 4.69) is 0 Å². The second-order valence-corrected chi connectivity index (χ2v) is 13.7. The van der Waals surface area contributed by atoms with E-state index in [1.165, 1.54) is 6.07 Å². The molecule has 0 saturated heterocycles. The van der Waals surface area contributed by atoms with Crippen molar-refractivity contribution in [1.82, 2.24) is 0 Å². The van der Waals surface area contributed by atoms with Gasteiger partial charge in [-0.25, -0.2) is 25.6 Å². The summed E-state index contributed by atoms with van der Waals surface area (Å²) < 4.78 is 110. The van der Waals surface area contributed by atoms with Crippen LogP contribution in [0.3, 0.4) is 0 Å². The number of hydrogen-bond acceptors (Lipinski definition) is 4. The number of rotatable bonds is 7. The summed E-state index contributed by atoms with van der Waals surface area (Å²) in [4.78, 5) is -1.30. The van der Waals surface area contributed by atoms with Crippen LogP contribution in [-0.4, -0.2) is 14.0 Å². The van der Waals surface area contributed by atoms with Crippen LogP contribution in [0.1, 0.15) is 20.8 Å². The molecule has 4 aromatic carbocycles. The second-order valence-electron chi connectivity index (χ2n) is 9.29. The standard InChI is InChI=1S/C28H23F5O4S2/c1-28(2,3)36-18-11-10-16-21(17-18)38(19-12-6-4-7-13-19,20-14-8-5-9-15-20)37-39(34,35)27-25(32)23(30)22(29)24(31)26(27)33/h4-17H,1-3H3. The molecule has 0 aliphatic carbocycles. The number of hydrogen-bond donors (Lipinski definition) is 0. The van der Waals surface area contributed by atoms with Gasteiger partial charge < -0.3 is 4.74 Å². The SMILES string of the molecule is CC(C)(C)Oc1cccc(S(OS(=O)(=O)c2c(F)c(F)c(F)c(F)c2F)(c2ccccc2)c2ccccc2)c1. The van der Waals surface area contributed by atoms with E-state index in [-0.39, 0.29) is 14.7 Å². The molecule has 0 radical (unpaired) electrons. The summed E-state index contributed by atoms with van der Waals surface area (Å²) in [6.07, 6.45) is 0. The van der Waals surface area contributed by atoms with E-state index in [0.717, 1.165) is 0 Å². The quantitative estimate of drug-likeness (QED) is 0.125. The van der Waals surface area contributed by atoms with Crippen molar-refractivity contribution in [3.63, 3.8) is 0 Å². The van der Waals surface area contributed by atoms with Crippen LogP contribution in [0.5, 0.6) is 5.75 Å². The van der Waals surface area contributed by atoms with Crippen molar-refractivity contribution in [2.75, 3.05) is 0 Å². The van der Waals surface area contributed by atoms with Crippen LogP contribution in [0.15, 0.2) is 105 Å². The molecule has 4 rings (SSSR count). The van der Waals surface area contributed by atoms with E-state index in [0.29, 0.717) is 5.75 Å². The molecular weight excluding hydrogens is 559 g/mol. The molecule has 206 valence electrons. The Morgan fingerprint density at radius 1 is 0.590 bits per heavy atom. The lowest BCUT2D eigenvalue weighted by Crippen LogP contribution is -2.23. The van der Waals surface area contributed by atoms with Gasteiger partial charge in [0.25, 0.3) is 0 Å². The van der Waals surface area contributed by atoms with Gasteiger partial charge in [0, 0.05) is 14.7 Å². The first-order valence-electron chi connectivity index (χ1n) is 11.5. The third-order valence-electron chi connectivity index (χ3n) is 5.32. The summed E-state index contributed by atoms with van der Waals surface area (Å²) >= 11 is 0. The van der Waals surface area contributed by atoms with Crippen LogP contribution in [-0.2, 0) is 13.7 Å². The van der Waals surface area contributed by atoms with E-state index in [9.17, 15) is 30.4 Å². The molecule has 0 saturated carbocycles. The summed E-state index contributed by atoms with van der Waals surface area (Å²) in [5.41, 5.74) is -0.640. The monoisotopic (exact) mass is 582 g/mol. The highest BCUT2D eigenvalue weighted by Crippen LogP contribution is 2.70. The highest BCUT2D eigenvalue weighted by atomic mass is 32.3. The molecular formula is C28H23F5O4S2. The van der Waals surface area contributed by atoms with E-state index in [4.69, 9.17) is 8.37 Å². The molecule has 0 N–H and O–H groups in total. The summed E-state index contributed by atoms with van der Waals surface area (Å²) in [7, 11) is -9.06. The number of halogens is 5. The maximum atomic E-state index is 14.7. The van der Waals surface area contributed by atoms with Gasteiger partial charge in [0.05, 0.1) is 0 Å². The van der Waals surface area contributed by atoms with Gasteiger partial charge in [0.1, 0.15) is 11.4 Å². The first-order chi connectivity index (χ1) is 18.3. The third kappa shape index (κ3) is 5.52. The fourth-order valence-electron chi connectivity index (χ4n) is 3.79. The lowest BCUT2D eigenvalue weighted by Gasteiger charge is -2.39. The Bertz CT molecular complexity index is 1540. The van der Waals surface area contributed by atoms with Gasteiger partial charge in [-0.15, -0.1) is 0 Å². The summed E-state index contributed by atoms with van der Waals surface area (Å²) in [6.45, 7) is 5.41. The maximum Gasteiger partial charge on any atom is 0.313 e. The smallest absolute Gasteiger partial charge is 0.313 e. The Morgan fingerprint density at radius 2 is 1.03 bits per heavy atom. The van der Waals surface area contributed by atoms with Crippen LogP contribution in [0, 0.1) is 29.1 Å². The van der Waals surface area contributed by atoms with Crippen LogP contribution < -0.4 is 4.74 Å². The van der Waals surface area contributed by atoms with Crippen LogP contribution in [0.25, 0.3) is 0 Å². The zero-order valence-electron chi connectivity index (χ0n) is 20.9. The van der Waals surface area contributed by atoms with Crippen molar-refractivity contribution in [2.24, 2.45) is 0 Å². The van der Waals surface area contributed by atoms with E-state index >= 15 is 0 Å². The molecule has 0 aliphatic heterocycles. The van der Waals surface area contributed by atoms with Crippen molar-refractivity contribution < 1.29 is 38.7 Å². The van der Waals surface area contributed by atoms with Gasteiger partial charge in [-0.3, -0.25) is 0 Å². The van der Waals surface area contributed by atoms with Crippen molar-refractivity contribution in [1.29, 1.82) is 0 Å². The molecule has 0 heterocycles. The zero-order chi connectivity index (χ0) is 28.6. The highest BCUT2D eigenvalue weighted by Gasteiger charge is 2.42. The largest absolute Gasteiger partial charge is 0.488 e. The van der Waals surface area contributed by atoms with Crippen LogP contribution in [0.2, 0.25) is 0 Å². The van der Waals surface area contributed by atoms with Crippen molar-refractivity contribution in [2.45, 2.75) is 46.0 Å². The van der Waals surface area contributed by atoms with Gasteiger partial charge >= 0.3 is 10.1 Å². The van der Waals surface area contributed by atoms with Gasteiger partial charge in [-0.1, -0.05) is 42.5 Å². The predicted molar refractivity (Wildman–Crippen MR) is 137 cm³/mol. The minimum atomic E-state index is -5.63. The molecule has 4 nitrogen and oxygen atoms in total. The number of ether oxygens (including phenoxy) is 1. The average molecular weight is 583 g/mol. The first-order valence-corrected chi connectivity index (χ1v) is 14.4.